The number of Topliss-reactive ketones (excluding diaryl/α,β-unsaturated/α-hetero) is 1. The van der Waals surface area contributed by atoms with Gasteiger partial charge in [0, 0.05) is 11.8 Å². The molecule has 0 fully saturated rings. The van der Waals surface area contributed by atoms with E-state index in [1.54, 1.807) is 0 Å². The molecule has 0 aliphatic heterocycles. The highest BCUT2D eigenvalue weighted by Crippen LogP contribution is 2.21. The van der Waals surface area contributed by atoms with Crippen molar-refractivity contribution in [3.05, 3.63) is 29.0 Å². The Hall–Kier alpha value is -1.10. The first-order chi connectivity index (χ1) is 5.91. The maximum atomic E-state index is 11.8. The number of alkyl halides is 3. The molecule has 0 aliphatic carbocycles. The zero-order valence-corrected chi connectivity index (χ0v) is 6.86. The Morgan fingerprint density at radius 1 is 1.38 bits per heavy atom. The minimum absolute atomic E-state index is 0.0405. The molecule has 0 radical (unpaired) electrons. The van der Waals surface area contributed by atoms with Crippen LogP contribution in [0.15, 0.2) is 18.3 Å². The lowest BCUT2D eigenvalue weighted by Gasteiger charge is -2.03. The SMILES string of the molecule is O=C(c1ccc(Cl)nc1)C(F)(F)F. The van der Waals surface area contributed by atoms with Crippen molar-refractivity contribution < 1.29 is 18.0 Å². The van der Waals surface area contributed by atoms with E-state index < -0.39 is 17.5 Å². The monoisotopic (exact) mass is 209 g/mol. The van der Waals surface area contributed by atoms with Gasteiger partial charge in [-0.05, 0) is 12.1 Å². The molecule has 70 valence electrons. The van der Waals surface area contributed by atoms with Crippen molar-refractivity contribution >= 4 is 17.4 Å². The van der Waals surface area contributed by atoms with E-state index in [9.17, 15) is 18.0 Å². The van der Waals surface area contributed by atoms with Gasteiger partial charge in [-0.2, -0.15) is 13.2 Å². The lowest BCUT2D eigenvalue weighted by molar-refractivity contribution is -0.0885. The number of hydrogen-bond donors (Lipinski definition) is 0. The van der Waals surface area contributed by atoms with Crippen LogP contribution in [0.1, 0.15) is 10.4 Å². The standard InChI is InChI=1S/C7H3ClF3NO/c8-5-2-1-4(3-12-5)6(13)7(9,10)11/h1-3H. The number of aromatic nitrogens is 1. The van der Waals surface area contributed by atoms with E-state index in [0.717, 1.165) is 18.3 Å². The van der Waals surface area contributed by atoms with Crippen LogP contribution in [0.2, 0.25) is 5.15 Å². The Balaban J connectivity index is 2.97. The van der Waals surface area contributed by atoms with Crippen LogP contribution in [0.5, 0.6) is 0 Å². The summed E-state index contributed by atoms with van der Waals surface area (Å²) in [6.45, 7) is 0. The fourth-order valence-corrected chi connectivity index (χ4v) is 0.786. The summed E-state index contributed by atoms with van der Waals surface area (Å²) in [5.74, 6) is -1.92. The quantitative estimate of drug-likeness (QED) is 0.525. The van der Waals surface area contributed by atoms with Crippen molar-refractivity contribution in [1.82, 2.24) is 4.98 Å². The summed E-state index contributed by atoms with van der Waals surface area (Å²) in [6.07, 6.45) is -4.08. The second kappa shape index (κ2) is 3.33. The van der Waals surface area contributed by atoms with Crippen LogP contribution in [0.3, 0.4) is 0 Å². The van der Waals surface area contributed by atoms with Gasteiger partial charge in [-0.25, -0.2) is 4.98 Å². The highest BCUT2D eigenvalue weighted by atomic mass is 35.5. The van der Waals surface area contributed by atoms with Crippen LogP contribution < -0.4 is 0 Å². The molecule has 0 N–H and O–H groups in total. The summed E-state index contributed by atoms with van der Waals surface area (Å²) in [7, 11) is 0. The van der Waals surface area contributed by atoms with Crippen molar-refractivity contribution in [1.29, 1.82) is 0 Å². The molecule has 1 rings (SSSR count). The maximum Gasteiger partial charge on any atom is 0.454 e. The number of hydrogen-bond acceptors (Lipinski definition) is 2. The molecule has 0 spiro atoms. The van der Waals surface area contributed by atoms with Crippen LogP contribution in [-0.2, 0) is 0 Å². The van der Waals surface area contributed by atoms with E-state index in [-0.39, 0.29) is 5.15 Å². The van der Waals surface area contributed by atoms with Gasteiger partial charge in [0.1, 0.15) is 5.15 Å². The Morgan fingerprint density at radius 2 is 2.00 bits per heavy atom. The first-order valence-electron chi connectivity index (χ1n) is 3.14. The molecule has 1 aromatic heterocycles. The molecule has 0 atom stereocenters. The molecule has 0 saturated carbocycles. The number of carbonyl (C=O) groups excluding carboxylic acids is 1. The molecule has 1 heterocycles. The van der Waals surface area contributed by atoms with Crippen molar-refractivity contribution in [3.8, 4) is 0 Å². The van der Waals surface area contributed by atoms with Crippen LogP contribution in [0, 0.1) is 0 Å². The van der Waals surface area contributed by atoms with E-state index >= 15 is 0 Å². The van der Waals surface area contributed by atoms with Gasteiger partial charge in [-0.3, -0.25) is 4.79 Å². The van der Waals surface area contributed by atoms with Gasteiger partial charge in [0.15, 0.2) is 0 Å². The smallest absolute Gasteiger partial charge is 0.284 e. The van der Waals surface area contributed by atoms with Crippen molar-refractivity contribution in [2.45, 2.75) is 6.18 Å². The van der Waals surface area contributed by atoms with Gasteiger partial charge in [0.25, 0.3) is 5.78 Å². The van der Waals surface area contributed by atoms with E-state index in [1.807, 2.05) is 0 Å². The van der Waals surface area contributed by atoms with Crippen molar-refractivity contribution in [2.24, 2.45) is 0 Å². The molecule has 0 saturated heterocycles. The summed E-state index contributed by atoms with van der Waals surface area (Å²) in [5, 5.41) is 0.0405. The number of carbonyl (C=O) groups is 1. The van der Waals surface area contributed by atoms with Gasteiger partial charge in [0.05, 0.1) is 0 Å². The third-order valence-electron chi connectivity index (χ3n) is 1.25. The van der Waals surface area contributed by atoms with Gasteiger partial charge >= 0.3 is 6.18 Å². The van der Waals surface area contributed by atoms with E-state index in [4.69, 9.17) is 11.6 Å². The first-order valence-corrected chi connectivity index (χ1v) is 3.52. The summed E-state index contributed by atoms with van der Waals surface area (Å²) < 4.78 is 35.5. The molecule has 0 aliphatic rings. The average molecular weight is 210 g/mol. The Morgan fingerprint density at radius 3 is 2.38 bits per heavy atom. The van der Waals surface area contributed by atoms with Crippen molar-refractivity contribution in [2.75, 3.05) is 0 Å². The molecular weight excluding hydrogens is 207 g/mol. The summed E-state index contributed by atoms with van der Waals surface area (Å²) >= 11 is 5.33. The summed E-state index contributed by atoms with van der Waals surface area (Å²) in [4.78, 5) is 13.9. The number of pyridine rings is 1. The zero-order chi connectivity index (χ0) is 10.1. The Bertz CT molecular complexity index is 320. The fraction of sp³-hybridized carbons (Fsp3) is 0.143. The lowest BCUT2D eigenvalue weighted by atomic mass is 10.2. The third kappa shape index (κ3) is 2.42. The molecule has 0 bridgehead atoms. The minimum Gasteiger partial charge on any atom is -0.284 e. The van der Waals surface area contributed by atoms with Crippen LogP contribution >= 0.6 is 11.6 Å². The van der Waals surface area contributed by atoms with Crippen molar-refractivity contribution in [3.63, 3.8) is 0 Å². The topological polar surface area (TPSA) is 30.0 Å². The average Bonchev–Trinajstić information content (AvgIpc) is 2.03. The Kier molecular flexibility index (Phi) is 2.56. The molecule has 2 nitrogen and oxygen atoms in total. The van der Waals surface area contributed by atoms with E-state index in [0.29, 0.717) is 0 Å². The van der Waals surface area contributed by atoms with Gasteiger partial charge in [-0.1, -0.05) is 11.6 Å². The summed E-state index contributed by atoms with van der Waals surface area (Å²) in [5.41, 5.74) is -0.517. The van der Waals surface area contributed by atoms with E-state index in [1.165, 1.54) is 0 Å². The molecule has 1 aromatic rings. The van der Waals surface area contributed by atoms with Gasteiger partial charge < -0.3 is 0 Å². The molecule has 0 unspecified atom stereocenters. The first kappa shape index (κ1) is 9.98. The van der Waals surface area contributed by atoms with Gasteiger partial charge in [-0.15, -0.1) is 0 Å². The second-order valence-electron chi connectivity index (χ2n) is 2.20. The molecule has 6 heteroatoms. The van der Waals surface area contributed by atoms with Gasteiger partial charge in [0.2, 0.25) is 0 Å². The van der Waals surface area contributed by atoms with E-state index in [2.05, 4.69) is 4.98 Å². The second-order valence-corrected chi connectivity index (χ2v) is 2.58. The molecular formula is C7H3ClF3NO. The zero-order valence-electron chi connectivity index (χ0n) is 6.10. The number of nitrogens with zero attached hydrogens (tertiary/aromatic N) is 1. The third-order valence-corrected chi connectivity index (χ3v) is 1.47. The largest absolute Gasteiger partial charge is 0.454 e. The highest BCUT2D eigenvalue weighted by molar-refractivity contribution is 6.29. The normalized spacial score (nSPS) is 11.4. The number of halogens is 4. The Labute approximate surface area is 76.3 Å². The predicted molar refractivity (Wildman–Crippen MR) is 39.6 cm³/mol. The predicted octanol–water partition coefficient (Wildman–Crippen LogP) is 2.48. The lowest BCUT2D eigenvalue weighted by Crippen LogP contribution is -2.22. The van der Waals surface area contributed by atoms with Crippen LogP contribution in [0.25, 0.3) is 0 Å². The maximum absolute atomic E-state index is 11.8. The van der Waals surface area contributed by atoms with Crippen LogP contribution in [0.4, 0.5) is 13.2 Å². The highest BCUT2D eigenvalue weighted by Gasteiger charge is 2.39. The molecule has 0 aromatic carbocycles. The number of rotatable bonds is 1. The summed E-state index contributed by atoms with van der Waals surface area (Å²) in [6, 6.07) is 2.10. The fourth-order valence-electron chi connectivity index (χ4n) is 0.674. The minimum atomic E-state index is -4.87. The molecule has 13 heavy (non-hydrogen) atoms. The number of ketones is 1. The van der Waals surface area contributed by atoms with Crippen LogP contribution in [-0.4, -0.2) is 16.9 Å². The molecule has 0 amide bonds.